The first-order valence-electron chi connectivity index (χ1n) is 5.09. The van der Waals surface area contributed by atoms with Crippen molar-refractivity contribution in [2.45, 2.75) is 20.8 Å². The highest BCUT2D eigenvalue weighted by atomic mass is 79.9. The zero-order valence-electron chi connectivity index (χ0n) is 9.58. The normalized spacial score (nSPS) is 10.8. The molecule has 0 aliphatic heterocycles. The molecule has 0 atom stereocenters. The molecule has 1 aromatic heterocycles. The molecule has 0 aliphatic rings. The van der Waals surface area contributed by atoms with Gasteiger partial charge in [-0.3, -0.25) is 0 Å². The number of aromatic nitrogens is 2. The highest BCUT2D eigenvalue weighted by molar-refractivity contribution is 9.10. The van der Waals surface area contributed by atoms with Crippen LogP contribution in [0.2, 0.25) is 0 Å². The second-order valence-corrected chi connectivity index (χ2v) is 4.84. The highest BCUT2D eigenvalue weighted by Gasteiger charge is 2.11. The van der Waals surface area contributed by atoms with Gasteiger partial charge in [-0.1, -0.05) is 15.9 Å². The van der Waals surface area contributed by atoms with Gasteiger partial charge in [-0.2, -0.15) is 5.10 Å². The summed E-state index contributed by atoms with van der Waals surface area (Å²) < 4.78 is 2.97. The highest BCUT2D eigenvalue weighted by Crippen LogP contribution is 2.23. The summed E-state index contributed by atoms with van der Waals surface area (Å²) in [6.45, 7) is 5.97. The molecule has 16 heavy (non-hydrogen) atoms. The van der Waals surface area contributed by atoms with E-state index in [1.54, 1.807) is 0 Å². The van der Waals surface area contributed by atoms with Crippen molar-refractivity contribution >= 4 is 21.6 Å². The quantitative estimate of drug-likeness (QED) is 0.872. The van der Waals surface area contributed by atoms with Crippen LogP contribution in [0.15, 0.2) is 22.7 Å². The number of aryl methyl sites for hydroxylation is 2. The number of anilines is 1. The van der Waals surface area contributed by atoms with Crippen LogP contribution in [-0.2, 0) is 0 Å². The predicted octanol–water partition coefficient (Wildman–Crippen LogP) is 3.14. The molecule has 1 heterocycles. The van der Waals surface area contributed by atoms with Gasteiger partial charge < -0.3 is 5.73 Å². The summed E-state index contributed by atoms with van der Waals surface area (Å²) in [5, 5.41) is 4.45. The van der Waals surface area contributed by atoms with Gasteiger partial charge in [-0.15, -0.1) is 0 Å². The molecule has 1 aromatic carbocycles. The summed E-state index contributed by atoms with van der Waals surface area (Å²) in [7, 11) is 0. The average molecular weight is 280 g/mol. The van der Waals surface area contributed by atoms with Crippen LogP contribution >= 0.6 is 15.9 Å². The summed E-state index contributed by atoms with van der Waals surface area (Å²) in [6, 6.07) is 6.12. The molecule has 0 saturated carbocycles. The minimum absolute atomic E-state index is 0.766. The molecule has 0 bridgehead atoms. The lowest BCUT2D eigenvalue weighted by Crippen LogP contribution is -2.01. The molecular formula is C12H14BrN3. The number of nitrogen functional groups attached to an aromatic ring is 1. The zero-order valence-corrected chi connectivity index (χ0v) is 11.2. The van der Waals surface area contributed by atoms with E-state index < -0.39 is 0 Å². The maximum Gasteiger partial charge on any atom is 0.0830 e. The summed E-state index contributed by atoms with van der Waals surface area (Å²) in [5.41, 5.74) is 10.8. The van der Waals surface area contributed by atoms with Crippen LogP contribution in [-0.4, -0.2) is 9.78 Å². The van der Waals surface area contributed by atoms with Crippen LogP contribution < -0.4 is 5.73 Å². The average Bonchev–Trinajstić information content (AvgIpc) is 2.46. The number of hydrogen-bond donors (Lipinski definition) is 1. The standard InChI is InChI=1S/C12H14BrN3/c1-7-6-10(13)4-5-11(7)16-9(3)12(14)8(2)15-16/h4-6H,14H2,1-3H3. The van der Waals surface area contributed by atoms with Crippen LogP contribution in [0.5, 0.6) is 0 Å². The Morgan fingerprint density at radius 2 is 1.94 bits per heavy atom. The van der Waals surface area contributed by atoms with Gasteiger partial charge in [0.15, 0.2) is 0 Å². The minimum atomic E-state index is 0.766. The Bertz CT molecular complexity index is 543. The zero-order chi connectivity index (χ0) is 11.9. The van der Waals surface area contributed by atoms with Crippen molar-refractivity contribution in [3.8, 4) is 5.69 Å². The third-order valence-corrected chi connectivity index (χ3v) is 3.23. The number of rotatable bonds is 1. The number of hydrogen-bond acceptors (Lipinski definition) is 2. The van der Waals surface area contributed by atoms with Crippen LogP contribution in [0.25, 0.3) is 5.69 Å². The summed E-state index contributed by atoms with van der Waals surface area (Å²) in [4.78, 5) is 0. The van der Waals surface area contributed by atoms with E-state index in [0.717, 1.165) is 27.2 Å². The fourth-order valence-electron chi connectivity index (χ4n) is 1.75. The molecule has 3 nitrogen and oxygen atoms in total. The predicted molar refractivity (Wildman–Crippen MR) is 69.9 cm³/mol. The van der Waals surface area contributed by atoms with E-state index in [1.165, 1.54) is 5.56 Å². The second kappa shape index (κ2) is 3.94. The molecule has 0 fully saturated rings. The number of nitrogens with two attached hydrogens (primary N) is 1. The van der Waals surface area contributed by atoms with Gasteiger partial charge in [-0.05, 0) is 44.5 Å². The molecule has 0 aliphatic carbocycles. The third kappa shape index (κ3) is 1.73. The van der Waals surface area contributed by atoms with E-state index in [2.05, 4.69) is 34.0 Å². The molecule has 0 saturated heterocycles. The van der Waals surface area contributed by atoms with Gasteiger partial charge in [0.05, 0.1) is 22.8 Å². The first-order valence-corrected chi connectivity index (χ1v) is 5.88. The smallest absolute Gasteiger partial charge is 0.0830 e. The van der Waals surface area contributed by atoms with Crippen LogP contribution in [0.4, 0.5) is 5.69 Å². The van der Waals surface area contributed by atoms with Gasteiger partial charge >= 0.3 is 0 Å². The second-order valence-electron chi connectivity index (χ2n) is 3.93. The molecular weight excluding hydrogens is 266 g/mol. The Kier molecular flexibility index (Phi) is 2.76. The van der Waals surface area contributed by atoms with E-state index in [4.69, 9.17) is 5.73 Å². The van der Waals surface area contributed by atoms with Crippen molar-refractivity contribution in [2.24, 2.45) is 0 Å². The lowest BCUT2D eigenvalue weighted by atomic mass is 10.2. The molecule has 0 radical (unpaired) electrons. The molecule has 84 valence electrons. The maximum absolute atomic E-state index is 5.93. The first-order chi connectivity index (χ1) is 7.50. The van der Waals surface area contributed by atoms with Crippen LogP contribution in [0.1, 0.15) is 17.0 Å². The number of nitrogens with zero attached hydrogens (tertiary/aromatic N) is 2. The van der Waals surface area contributed by atoms with Crippen LogP contribution in [0.3, 0.4) is 0 Å². The van der Waals surface area contributed by atoms with E-state index in [1.807, 2.05) is 30.7 Å². The van der Waals surface area contributed by atoms with E-state index in [-0.39, 0.29) is 0 Å². The van der Waals surface area contributed by atoms with Crippen molar-refractivity contribution in [1.82, 2.24) is 9.78 Å². The van der Waals surface area contributed by atoms with Crippen molar-refractivity contribution in [3.05, 3.63) is 39.6 Å². The number of benzene rings is 1. The van der Waals surface area contributed by atoms with E-state index in [9.17, 15) is 0 Å². The van der Waals surface area contributed by atoms with E-state index in [0.29, 0.717) is 0 Å². The minimum Gasteiger partial charge on any atom is -0.396 e. The molecule has 2 N–H and O–H groups in total. The molecule has 0 spiro atoms. The summed E-state index contributed by atoms with van der Waals surface area (Å²) in [5.74, 6) is 0. The molecule has 0 unspecified atom stereocenters. The Morgan fingerprint density at radius 3 is 2.44 bits per heavy atom. The lowest BCUT2D eigenvalue weighted by Gasteiger charge is -2.08. The largest absolute Gasteiger partial charge is 0.396 e. The van der Waals surface area contributed by atoms with Gasteiger partial charge in [0.2, 0.25) is 0 Å². The van der Waals surface area contributed by atoms with Crippen LogP contribution in [0, 0.1) is 20.8 Å². The SMILES string of the molecule is Cc1cc(Br)ccc1-n1nc(C)c(N)c1C. The fraction of sp³-hybridized carbons (Fsp3) is 0.250. The Labute approximate surface area is 103 Å². The van der Waals surface area contributed by atoms with Crippen molar-refractivity contribution in [3.63, 3.8) is 0 Å². The molecule has 2 rings (SSSR count). The molecule has 0 amide bonds. The first kappa shape index (κ1) is 11.2. The topological polar surface area (TPSA) is 43.8 Å². The summed E-state index contributed by atoms with van der Waals surface area (Å²) >= 11 is 3.45. The Hall–Kier alpha value is -1.29. The van der Waals surface area contributed by atoms with Gasteiger partial charge in [-0.25, -0.2) is 4.68 Å². The lowest BCUT2D eigenvalue weighted by molar-refractivity contribution is 0.827. The monoisotopic (exact) mass is 279 g/mol. The fourth-order valence-corrected chi connectivity index (χ4v) is 2.22. The Morgan fingerprint density at radius 1 is 1.25 bits per heavy atom. The van der Waals surface area contributed by atoms with Gasteiger partial charge in [0.1, 0.15) is 0 Å². The van der Waals surface area contributed by atoms with E-state index >= 15 is 0 Å². The van der Waals surface area contributed by atoms with Crippen molar-refractivity contribution < 1.29 is 0 Å². The Balaban J connectivity index is 2.63. The number of halogens is 1. The van der Waals surface area contributed by atoms with Crippen molar-refractivity contribution in [1.29, 1.82) is 0 Å². The maximum atomic E-state index is 5.93. The molecule has 4 heteroatoms. The summed E-state index contributed by atoms with van der Waals surface area (Å²) in [6.07, 6.45) is 0. The van der Waals surface area contributed by atoms with Crippen molar-refractivity contribution in [2.75, 3.05) is 5.73 Å². The van der Waals surface area contributed by atoms with Gasteiger partial charge in [0.25, 0.3) is 0 Å². The molecule has 2 aromatic rings. The van der Waals surface area contributed by atoms with Gasteiger partial charge in [0, 0.05) is 4.47 Å². The third-order valence-electron chi connectivity index (χ3n) is 2.73.